The van der Waals surface area contributed by atoms with Crippen molar-refractivity contribution in [3.63, 3.8) is 0 Å². The molecule has 1 saturated carbocycles. The summed E-state index contributed by atoms with van der Waals surface area (Å²) >= 11 is 1.53. The lowest BCUT2D eigenvalue weighted by Gasteiger charge is -2.20. The fraction of sp³-hybridized carbons (Fsp3) is 0.846. The summed E-state index contributed by atoms with van der Waals surface area (Å²) in [5.41, 5.74) is 1.24. The van der Waals surface area contributed by atoms with E-state index in [2.05, 4.69) is 47.6 Å². The van der Waals surface area contributed by atoms with Gasteiger partial charge in [0, 0.05) is 31.1 Å². The molecule has 0 spiro atoms. The first-order valence-electron chi connectivity index (χ1n) is 6.70. The van der Waals surface area contributed by atoms with Gasteiger partial charge in [-0.2, -0.15) is 0 Å². The van der Waals surface area contributed by atoms with Crippen molar-refractivity contribution in [3.8, 4) is 0 Å². The van der Waals surface area contributed by atoms with Gasteiger partial charge >= 0.3 is 0 Å². The van der Waals surface area contributed by atoms with Crippen LogP contribution in [-0.4, -0.2) is 40.7 Å². The Hall–Kier alpha value is -0.520. The predicted molar refractivity (Wildman–Crippen MR) is 76.0 cm³/mol. The molecule has 0 unspecified atom stereocenters. The van der Waals surface area contributed by atoms with Crippen molar-refractivity contribution in [2.45, 2.75) is 51.6 Å². The van der Waals surface area contributed by atoms with E-state index in [0.29, 0.717) is 0 Å². The van der Waals surface area contributed by atoms with Crippen molar-refractivity contribution in [1.82, 2.24) is 19.8 Å². The second-order valence-electron chi connectivity index (χ2n) is 6.26. The van der Waals surface area contributed by atoms with Crippen LogP contribution in [0, 0.1) is 0 Å². The largest absolute Gasteiger partial charge is 0.313 e. The first-order chi connectivity index (χ1) is 8.47. The summed E-state index contributed by atoms with van der Waals surface area (Å²) in [6.07, 6.45) is 2.72. The summed E-state index contributed by atoms with van der Waals surface area (Å²) in [5.74, 6) is 0. The molecule has 0 aliphatic heterocycles. The highest BCUT2D eigenvalue weighted by molar-refractivity contribution is 7.05. The number of likely N-dealkylation sites (N-methyl/N-ethyl adjacent to an activating group) is 1. The Kier molecular flexibility index (Phi) is 4.35. The Bertz CT molecular complexity index is 379. The molecule has 4 nitrogen and oxygen atoms in total. The normalized spacial score (nSPS) is 16.5. The van der Waals surface area contributed by atoms with Crippen molar-refractivity contribution in [2.75, 3.05) is 20.1 Å². The Morgan fingerprint density at radius 2 is 2.11 bits per heavy atom. The fourth-order valence-electron chi connectivity index (χ4n) is 1.95. The van der Waals surface area contributed by atoms with Crippen LogP contribution < -0.4 is 5.32 Å². The van der Waals surface area contributed by atoms with E-state index >= 15 is 0 Å². The molecule has 0 radical (unpaired) electrons. The van der Waals surface area contributed by atoms with Crippen LogP contribution in [0.25, 0.3) is 0 Å². The zero-order valence-corrected chi connectivity index (χ0v) is 12.7. The van der Waals surface area contributed by atoms with E-state index in [9.17, 15) is 0 Å². The van der Waals surface area contributed by atoms with E-state index in [-0.39, 0.29) is 5.41 Å². The minimum Gasteiger partial charge on any atom is -0.313 e. The standard InChI is InChI=1S/C13H24N4S/c1-13(2,3)12-11(18-16-15-12)9-17(4)8-7-14-10-5-6-10/h10,14H,5-9H2,1-4H3. The number of nitrogens with one attached hydrogen (secondary N) is 1. The lowest BCUT2D eigenvalue weighted by molar-refractivity contribution is 0.323. The van der Waals surface area contributed by atoms with Crippen LogP contribution >= 0.6 is 11.5 Å². The maximum atomic E-state index is 4.29. The number of hydrogen-bond donors (Lipinski definition) is 1. The van der Waals surface area contributed by atoms with E-state index < -0.39 is 0 Å². The van der Waals surface area contributed by atoms with Gasteiger partial charge in [-0.25, -0.2) is 0 Å². The van der Waals surface area contributed by atoms with E-state index in [1.807, 2.05) is 0 Å². The lowest BCUT2D eigenvalue weighted by Crippen LogP contribution is -2.30. The van der Waals surface area contributed by atoms with E-state index in [0.717, 1.165) is 31.4 Å². The average Bonchev–Trinajstić information content (AvgIpc) is 2.94. The molecule has 1 heterocycles. The van der Waals surface area contributed by atoms with Gasteiger partial charge in [0.05, 0.1) is 10.6 Å². The Morgan fingerprint density at radius 3 is 2.72 bits per heavy atom. The average molecular weight is 268 g/mol. The maximum Gasteiger partial charge on any atom is 0.0854 e. The highest BCUT2D eigenvalue weighted by Crippen LogP contribution is 2.26. The molecule has 0 bridgehead atoms. The fourth-order valence-corrected chi connectivity index (χ4v) is 2.89. The predicted octanol–water partition coefficient (Wildman–Crippen LogP) is 2.02. The third-order valence-electron chi connectivity index (χ3n) is 3.18. The summed E-state index contributed by atoms with van der Waals surface area (Å²) in [6.45, 7) is 9.71. The van der Waals surface area contributed by atoms with Crippen molar-refractivity contribution in [1.29, 1.82) is 0 Å². The van der Waals surface area contributed by atoms with Crippen molar-refractivity contribution in [2.24, 2.45) is 0 Å². The number of nitrogens with zero attached hydrogens (tertiary/aromatic N) is 3. The first-order valence-corrected chi connectivity index (χ1v) is 7.48. The maximum absolute atomic E-state index is 4.29. The van der Waals surface area contributed by atoms with Crippen LogP contribution in [0.5, 0.6) is 0 Å². The highest BCUT2D eigenvalue weighted by atomic mass is 32.1. The molecule has 18 heavy (non-hydrogen) atoms. The topological polar surface area (TPSA) is 41.0 Å². The summed E-state index contributed by atoms with van der Waals surface area (Å²) in [5, 5.41) is 7.83. The molecule has 0 amide bonds. The van der Waals surface area contributed by atoms with E-state index in [4.69, 9.17) is 0 Å². The van der Waals surface area contributed by atoms with Crippen LogP contribution in [0.15, 0.2) is 0 Å². The second kappa shape index (κ2) is 5.63. The molecule has 5 heteroatoms. The van der Waals surface area contributed by atoms with Crippen LogP contribution in [-0.2, 0) is 12.0 Å². The third-order valence-corrected chi connectivity index (χ3v) is 3.89. The molecular weight excluding hydrogens is 244 g/mol. The molecule has 2 rings (SSSR count). The minimum absolute atomic E-state index is 0.0927. The zero-order valence-electron chi connectivity index (χ0n) is 11.9. The number of rotatable bonds is 6. The smallest absolute Gasteiger partial charge is 0.0854 e. The van der Waals surface area contributed by atoms with E-state index in [1.165, 1.54) is 29.3 Å². The van der Waals surface area contributed by atoms with Crippen molar-refractivity contribution >= 4 is 11.5 Å². The van der Waals surface area contributed by atoms with E-state index in [1.54, 1.807) is 0 Å². The van der Waals surface area contributed by atoms with Gasteiger partial charge < -0.3 is 5.32 Å². The number of hydrogen-bond acceptors (Lipinski definition) is 5. The molecule has 1 aromatic rings. The van der Waals surface area contributed by atoms with Crippen molar-refractivity contribution < 1.29 is 0 Å². The van der Waals surface area contributed by atoms with Crippen LogP contribution in [0.3, 0.4) is 0 Å². The lowest BCUT2D eigenvalue weighted by atomic mass is 9.91. The van der Waals surface area contributed by atoms with Gasteiger partial charge in [0.2, 0.25) is 0 Å². The van der Waals surface area contributed by atoms with Gasteiger partial charge in [-0.1, -0.05) is 25.3 Å². The zero-order chi connectivity index (χ0) is 13.2. The van der Waals surface area contributed by atoms with Crippen molar-refractivity contribution in [3.05, 3.63) is 10.6 Å². The third kappa shape index (κ3) is 4.00. The molecule has 1 aromatic heterocycles. The Morgan fingerprint density at radius 1 is 1.39 bits per heavy atom. The quantitative estimate of drug-likeness (QED) is 0.857. The Labute approximate surface area is 114 Å². The SMILES string of the molecule is CN(CCNC1CC1)Cc1snnc1C(C)(C)C. The van der Waals surface area contributed by atoms with Gasteiger partial charge in [0.15, 0.2) is 0 Å². The van der Waals surface area contributed by atoms with Gasteiger partial charge in [-0.15, -0.1) is 5.10 Å². The molecule has 1 N–H and O–H groups in total. The monoisotopic (exact) mass is 268 g/mol. The molecule has 0 saturated heterocycles. The first kappa shape index (κ1) is 13.9. The number of aromatic nitrogens is 2. The van der Waals surface area contributed by atoms with Crippen LogP contribution in [0.1, 0.15) is 44.2 Å². The molecule has 102 valence electrons. The summed E-state index contributed by atoms with van der Waals surface area (Å²) < 4.78 is 4.11. The van der Waals surface area contributed by atoms with Gasteiger partial charge in [0.1, 0.15) is 0 Å². The van der Waals surface area contributed by atoms with Crippen LogP contribution in [0.2, 0.25) is 0 Å². The van der Waals surface area contributed by atoms with Gasteiger partial charge in [-0.3, -0.25) is 4.90 Å². The molecule has 1 aliphatic rings. The molecule has 1 aliphatic carbocycles. The highest BCUT2D eigenvalue weighted by Gasteiger charge is 2.23. The summed E-state index contributed by atoms with van der Waals surface area (Å²) in [4.78, 5) is 3.65. The summed E-state index contributed by atoms with van der Waals surface area (Å²) in [7, 11) is 2.17. The minimum atomic E-state index is 0.0927. The Balaban J connectivity index is 1.82. The molecular formula is C13H24N4S. The van der Waals surface area contributed by atoms with Gasteiger partial charge in [-0.05, 0) is 31.4 Å². The second-order valence-corrected chi connectivity index (χ2v) is 7.10. The summed E-state index contributed by atoms with van der Waals surface area (Å²) in [6, 6.07) is 0.800. The van der Waals surface area contributed by atoms with Gasteiger partial charge in [0.25, 0.3) is 0 Å². The molecule has 0 atom stereocenters. The van der Waals surface area contributed by atoms with Crippen LogP contribution in [0.4, 0.5) is 0 Å². The molecule has 1 fully saturated rings. The molecule has 0 aromatic carbocycles.